The average Bonchev–Trinajstić information content (AvgIpc) is 2.85. The Kier molecular flexibility index (Phi) is 5.37. The molecule has 1 aliphatic heterocycles. The first kappa shape index (κ1) is 18.9. The SMILES string of the molecule is CC1CC(CN)CN1C(=O)c1ccc(S(=O)(=O)NC(C)(C)C)cc1. The van der Waals surface area contributed by atoms with E-state index in [1.807, 2.05) is 11.8 Å². The maximum Gasteiger partial charge on any atom is 0.254 e. The van der Waals surface area contributed by atoms with Crippen LogP contribution in [0.1, 0.15) is 44.5 Å². The maximum atomic E-state index is 12.6. The van der Waals surface area contributed by atoms with Crippen molar-refractivity contribution in [1.82, 2.24) is 9.62 Å². The smallest absolute Gasteiger partial charge is 0.254 e. The summed E-state index contributed by atoms with van der Waals surface area (Å²) in [6.07, 6.45) is 0.907. The zero-order valence-electron chi connectivity index (χ0n) is 14.7. The number of carbonyl (C=O) groups is 1. The van der Waals surface area contributed by atoms with E-state index in [4.69, 9.17) is 5.73 Å². The van der Waals surface area contributed by atoms with E-state index in [0.717, 1.165) is 6.42 Å². The number of sulfonamides is 1. The van der Waals surface area contributed by atoms with Gasteiger partial charge in [0.15, 0.2) is 0 Å². The molecule has 1 amide bonds. The number of hydrogen-bond acceptors (Lipinski definition) is 4. The largest absolute Gasteiger partial charge is 0.336 e. The van der Waals surface area contributed by atoms with Gasteiger partial charge in [-0.2, -0.15) is 0 Å². The molecule has 24 heavy (non-hydrogen) atoms. The van der Waals surface area contributed by atoms with E-state index in [0.29, 0.717) is 24.6 Å². The Balaban J connectivity index is 2.16. The first-order valence-electron chi connectivity index (χ1n) is 8.18. The molecule has 2 atom stereocenters. The lowest BCUT2D eigenvalue weighted by Gasteiger charge is -2.22. The van der Waals surface area contributed by atoms with E-state index in [1.54, 1.807) is 32.9 Å². The number of likely N-dealkylation sites (tertiary alicyclic amines) is 1. The number of nitrogens with one attached hydrogen (secondary N) is 1. The third kappa shape index (κ3) is 4.34. The van der Waals surface area contributed by atoms with Crippen LogP contribution in [0.15, 0.2) is 29.2 Å². The Morgan fingerprint density at radius 1 is 1.29 bits per heavy atom. The fourth-order valence-corrected chi connectivity index (χ4v) is 4.42. The lowest BCUT2D eigenvalue weighted by Crippen LogP contribution is -2.40. The second-order valence-corrected chi connectivity index (χ2v) is 9.21. The molecule has 2 unspecified atom stereocenters. The van der Waals surface area contributed by atoms with E-state index in [1.165, 1.54) is 12.1 Å². The molecule has 6 nitrogen and oxygen atoms in total. The summed E-state index contributed by atoms with van der Waals surface area (Å²) in [5, 5.41) is 0. The van der Waals surface area contributed by atoms with Gasteiger partial charge in [-0.25, -0.2) is 13.1 Å². The molecule has 1 aliphatic rings. The predicted molar refractivity (Wildman–Crippen MR) is 94.2 cm³/mol. The Hall–Kier alpha value is -1.44. The lowest BCUT2D eigenvalue weighted by atomic mass is 10.1. The van der Waals surface area contributed by atoms with E-state index < -0.39 is 15.6 Å². The van der Waals surface area contributed by atoms with Crippen molar-refractivity contribution < 1.29 is 13.2 Å². The number of nitrogens with two attached hydrogens (primary N) is 1. The normalized spacial score (nSPS) is 22.0. The molecule has 134 valence electrons. The van der Waals surface area contributed by atoms with Crippen LogP contribution in [0.4, 0.5) is 0 Å². The fourth-order valence-electron chi connectivity index (χ4n) is 3.00. The molecule has 0 bridgehead atoms. The highest BCUT2D eigenvalue weighted by Gasteiger charge is 2.32. The van der Waals surface area contributed by atoms with Crippen molar-refractivity contribution in [2.75, 3.05) is 13.1 Å². The van der Waals surface area contributed by atoms with Crippen LogP contribution in [0.3, 0.4) is 0 Å². The minimum Gasteiger partial charge on any atom is -0.336 e. The maximum absolute atomic E-state index is 12.6. The van der Waals surface area contributed by atoms with Crippen molar-refractivity contribution >= 4 is 15.9 Å². The number of hydrogen-bond donors (Lipinski definition) is 2. The highest BCUT2D eigenvalue weighted by Crippen LogP contribution is 2.24. The minimum absolute atomic E-state index is 0.0776. The van der Waals surface area contributed by atoms with Crippen LogP contribution in [-0.2, 0) is 10.0 Å². The molecule has 0 aromatic heterocycles. The van der Waals surface area contributed by atoms with Gasteiger partial charge in [0.05, 0.1) is 4.90 Å². The molecule has 0 radical (unpaired) electrons. The minimum atomic E-state index is -3.59. The number of nitrogens with zero attached hydrogens (tertiary/aromatic N) is 1. The fraction of sp³-hybridized carbons (Fsp3) is 0.588. The van der Waals surface area contributed by atoms with Crippen LogP contribution in [0.5, 0.6) is 0 Å². The summed E-state index contributed by atoms with van der Waals surface area (Å²) in [5.74, 6) is 0.255. The second kappa shape index (κ2) is 6.82. The monoisotopic (exact) mass is 353 g/mol. The first-order chi connectivity index (χ1) is 11.0. The predicted octanol–water partition coefficient (Wildman–Crippen LogP) is 1.57. The van der Waals surface area contributed by atoms with Crippen molar-refractivity contribution in [2.24, 2.45) is 11.7 Å². The third-order valence-corrected chi connectivity index (χ3v) is 5.88. The van der Waals surface area contributed by atoms with E-state index >= 15 is 0 Å². The van der Waals surface area contributed by atoms with Gasteiger partial charge in [-0.05, 0) is 70.8 Å². The summed E-state index contributed by atoms with van der Waals surface area (Å²) in [4.78, 5) is 14.6. The van der Waals surface area contributed by atoms with Crippen molar-refractivity contribution in [3.8, 4) is 0 Å². The van der Waals surface area contributed by atoms with Gasteiger partial charge >= 0.3 is 0 Å². The van der Waals surface area contributed by atoms with Crippen LogP contribution in [0, 0.1) is 5.92 Å². The van der Waals surface area contributed by atoms with Crippen LogP contribution in [0.2, 0.25) is 0 Å². The standard InChI is InChI=1S/C17H27N3O3S/c1-12-9-13(10-18)11-20(12)16(21)14-5-7-15(8-6-14)24(22,23)19-17(2,3)4/h5-8,12-13,19H,9-11,18H2,1-4H3. The summed E-state index contributed by atoms with van der Waals surface area (Å²) < 4.78 is 27.2. The van der Waals surface area contributed by atoms with E-state index in [2.05, 4.69) is 4.72 Å². The van der Waals surface area contributed by atoms with Crippen LogP contribution in [-0.4, -0.2) is 43.9 Å². The van der Waals surface area contributed by atoms with Crippen LogP contribution < -0.4 is 10.5 Å². The molecular weight excluding hydrogens is 326 g/mol. The molecule has 1 heterocycles. The second-order valence-electron chi connectivity index (χ2n) is 7.52. The molecule has 2 rings (SSSR count). The number of rotatable bonds is 4. The Morgan fingerprint density at radius 3 is 2.33 bits per heavy atom. The Morgan fingerprint density at radius 2 is 1.88 bits per heavy atom. The average molecular weight is 353 g/mol. The summed E-state index contributed by atoms with van der Waals surface area (Å²) in [6.45, 7) is 8.59. The van der Waals surface area contributed by atoms with Gasteiger partial charge in [0.2, 0.25) is 10.0 Å². The summed E-state index contributed by atoms with van der Waals surface area (Å²) >= 11 is 0. The van der Waals surface area contributed by atoms with Gasteiger partial charge in [-0.1, -0.05) is 0 Å². The molecular formula is C17H27N3O3S. The van der Waals surface area contributed by atoms with Crippen molar-refractivity contribution in [3.05, 3.63) is 29.8 Å². The summed E-state index contributed by atoms with van der Waals surface area (Å²) in [7, 11) is -3.59. The van der Waals surface area contributed by atoms with Gasteiger partial charge < -0.3 is 10.6 Å². The third-order valence-electron chi connectivity index (χ3n) is 4.11. The van der Waals surface area contributed by atoms with Gasteiger partial charge in [-0.15, -0.1) is 0 Å². The van der Waals surface area contributed by atoms with Crippen molar-refractivity contribution in [3.63, 3.8) is 0 Å². The molecule has 7 heteroatoms. The first-order valence-corrected chi connectivity index (χ1v) is 9.67. The van der Waals surface area contributed by atoms with Gasteiger partial charge in [-0.3, -0.25) is 4.79 Å². The quantitative estimate of drug-likeness (QED) is 0.859. The molecule has 1 saturated heterocycles. The molecule has 3 N–H and O–H groups in total. The highest BCUT2D eigenvalue weighted by atomic mass is 32.2. The molecule has 0 saturated carbocycles. The Bertz CT molecular complexity index is 693. The summed E-state index contributed by atoms with van der Waals surface area (Å²) in [6, 6.07) is 6.24. The lowest BCUT2D eigenvalue weighted by molar-refractivity contribution is 0.0743. The zero-order chi connectivity index (χ0) is 18.1. The molecule has 1 aromatic rings. The molecule has 1 fully saturated rings. The van der Waals surface area contributed by atoms with Gasteiger partial charge in [0.1, 0.15) is 0 Å². The number of amides is 1. The highest BCUT2D eigenvalue weighted by molar-refractivity contribution is 7.89. The molecule has 0 spiro atoms. The van der Waals surface area contributed by atoms with E-state index in [9.17, 15) is 13.2 Å². The zero-order valence-corrected chi connectivity index (χ0v) is 15.6. The molecule has 1 aromatic carbocycles. The van der Waals surface area contributed by atoms with E-state index in [-0.39, 0.29) is 16.8 Å². The Labute approximate surface area is 144 Å². The topological polar surface area (TPSA) is 92.5 Å². The van der Waals surface area contributed by atoms with Crippen LogP contribution in [0.25, 0.3) is 0 Å². The number of carbonyl (C=O) groups excluding carboxylic acids is 1. The van der Waals surface area contributed by atoms with Gasteiger partial charge in [0, 0.05) is 23.7 Å². The van der Waals surface area contributed by atoms with Crippen LogP contribution >= 0.6 is 0 Å². The van der Waals surface area contributed by atoms with Crippen molar-refractivity contribution in [1.29, 1.82) is 0 Å². The molecule has 0 aliphatic carbocycles. The number of benzene rings is 1. The van der Waals surface area contributed by atoms with Crippen molar-refractivity contribution in [2.45, 2.75) is 50.6 Å². The van der Waals surface area contributed by atoms with Gasteiger partial charge in [0.25, 0.3) is 5.91 Å². The summed E-state index contributed by atoms with van der Waals surface area (Å²) in [5.41, 5.74) is 5.64.